The summed E-state index contributed by atoms with van der Waals surface area (Å²) >= 11 is 0. The van der Waals surface area contributed by atoms with E-state index < -0.39 is 15.7 Å². The van der Waals surface area contributed by atoms with Gasteiger partial charge in [-0.15, -0.1) is 5.10 Å². The molecule has 11 nitrogen and oxygen atoms in total. The van der Waals surface area contributed by atoms with Gasteiger partial charge in [-0.1, -0.05) is 0 Å². The summed E-state index contributed by atoms with van der Waals surface area (Å²) in [5.41, 5.74) is 2.04. The number of hydrogen-bond donors (Lipinski definition) is 1. The maximum atomic E-state index is 12.8. The standard InChI is InChI=1S/C19H17N7O4S/c27-19(21-13-3-5-14(6-4-13)25-12-20-23-24-25)16-10-17(18-2-1-8-30-18)26(22-16)15-7-9-31(28,29)11-15/h1-6,8,10,12,15H,7,9,11H2,(H,21,27)/t15-/m0/s1. The molecular formula is C19H17N7O4S. The van der Waals surface area contributed by atoms with Crippen LogP contribution in [-0.2, 0) is 9.84 Å². The molecule has 1 aliphatic heterocycles. The van der Waals surface area contributed by atoms with E-state index in [0.29, 0.717) is 23.6 Å². The lowest BCUT2D eigenvalue weighted by Gasteiger charge is -2.11. The zero-order chi connectivity index (χ0) is 21.4. The van der Waals surface area contributed by atoms with Gasteiger partial charge in [0, 0.05) is 11.8 Å². The Kier molecular flexibility index (Phi) is 4.62. The maximum Gasteiger partial charge on any atom is 0.276 e. The predicted octanol–water partition coefficient (Wildman–Crippen LogP) is 1.73. The third-order valence-electron chi connectivity index (χ3n) is 5.03. The van der Waals surface area contributed by atoms with Gasteiger partial charge in [-0.2, -0.15) is 5.10 Å². The molecule has 1 aliphatic rings. The number of anilines is 1. The molecule has 0 aliphatic carbocycles. The average molecular weight is 439 g/mol. The Morgan fingerprint density at radius 1 is 1.19 bits per heavy atom. The summed E-state index contributed by atoms with van der Waals surface area (Å²) in [7, 11) is -3.12. The number of aromatic nitrogens is 6. The molecule has 1 fully saturated rings. The van der Waals surface area contributed by atoms with E-state index in [2.05, 4.69) is 25.9 Å². The molecule has 0 bridgehead atoms. The van der Waals surface area contributed by atoms with E-state index in [0.717, 1.165) is 5.69 Å². The average Bonchev–Trinajstić information content (AvgIpc) is 3.53. The number of nitrogens with zero attached hydrogens (tertiary/aromatic N) is 6. The number of carbonyl (C=O) groups excluding carboxylic acids is 1. The molecule has 4 aromatic rings. The van der Waals surface area contributed by atoms with E-state index in [1.165, 1.54) is 17.3 Å². The van der Waals surface area contributed by atoms with Crippen molar-refractivity contribution in [3.63, 3.8) is 0 Å². The first-order valence-corrected chi connectivity index (χ1v) is 11.3. The predicted molar refractivity (Wildman–Crippen MR) is 109 cm³/mol. The molecule has 1 saturated heterocycles. The van der Waals surface area contributed by atoms with Crippen molar-refractivity contribution in [2.24, 2.45) is 0 Å². The Balaban J connectivity index is 1.41. The largest absolute Gasteiger partial charge is 0.463 e. The van der Waals surface area contributed by atoms with E-state index in [-0.39, 0.29) is 23.2 Å². The number of nitrogens with one attached hydrogen (secondary N) is 1. The highest BCUT2D eigenvalue weighted by atomic mass is 32.2. The van der Waals surface area contributed by atoms with Crippen LogP contribution in [-0.4, -0.2) is 55.8 Å². The van der Waals surface area contributed by atoms with E-state index >= 15 is 0 Å². The topological polar surface area (TPSA) is 138 Å². The van der Waals surface area contributed by atoms with Gasteiger partial charge in [0.25, 0.3) is 5.91 Å². The van der Waals surface area contributed by atoms with Crippen molar-refractivity contribution in [2.75, 3.05) is 16.8 Å². The van der Waals surface area contributed by atoms with Crippen LogP contribution < -0.4 is 5.32 Å². The highest BCUT2D eigenvalue weighted by molar-refractivity contribution is 7.91. The van der Waals surface area contributed by atoms with Gasteiger partial charge in [-0.3, -0.25) is 9.48 Å². The van der Waals surface area contributed by atoms with Gasteiger partial charge in [0.05, 0.1) is 29.5 Å². The summed E-state index contributed by atoms with van der Waals surface area (Å²) < 4.78 is 32.4. The van der Waals surface area contributed by atoms with Crippen molar-refractivity contribution in [1.82, 2.24) is 30.0 Å². The van der Waals surface area contributed by atoms with Crippen molar-refractivity contribution in [3.8, 4) is 17.1 Å². The number of furan rings is 1. The van der Waals surface area contributed by atoms with Crippen molar-refractivity contribution in [1.29, 1.82) is 0 Å². The lowest BCUT2D eigenvalue weighted by atomic mass is 10.2. The molecular weight excluding hydrogens is 422 g/mol. The van der Waals surface area contributed by atoms with E-state index in [4.69, 9.17) is 4.42 Å². The molecule has 3 aromatic heterocycles. The summed E-state index contributed by atoms with van der Waals surface area (Å²) in [6, 6.07) is 11.7. The molecule has 1 atom stereocenters. The van der Waals surface area contributed by atoms with Crippen molar-refractivity contribution >= 4 is 21.4 Å². The second kappa shape index (κ2) is 7.47. The van der Waals surface area contributed by atoms with E-state index in [1.54, 1.807) is 47.1 Å². The first-order chi connectivity index (χ1) is 15.0. The number of sulfone groups is 1. The summed E-state index contributed by atoms with van der Waals surface area (Å²) in [6.45, 7) is 0. The van der Waals surface area contributed by atoms with Crippen LogP contribution in [0.25, 0.3) is 17.1 Å². The Morgan fingerprint density at radius 3 is 2.68 bits per heavy atom. The van der Waals surface area contributed by atoms with E-state index in [9.17, 15) is 13.2 Å². The van der Waals surface area contributed by atoms with Gasteiger partial charge in [-0.05, 0) is 53.2 Å². The lowest BCUT2D eigenvalue weighted by molar-refractivity contribution is 0.102. The van der Waals surface area contributed by atoms with E-state index in [1.807, 2.05) is 0 Å². The third kappa shape index (κ3) is 3.84. The Morgan fingerprint density at radius 2 is 2.03 bits per heavy atom. The van der Waals surface area contributed by atoms with Gasteiger partial charge < -0.3 is 9.73 Å². The minimum absolute atomic E-state index is 0.0119. The van der Waals surface area contributed by atoms with Crippen LogP contribution in [0.1, 0.15) is 23.0 Å². The van der Waals surface area contributed by atoms with Crippen LogP contribution in [0.5, 0.6) is 0 Å². The summed E-state index contributed by atoms with van der Waals surface area (Å²) in [6.07, 6.45) is 3.43. The van der Waals surface area contributed by atoms with Crippen LogP contribution in [0.2, 0.25) is 0 Å². The summed E-state index contributed by atoms with van der Waals surface area (Å²) in [5, 5.41) is 18.2. The number of hydrogen-bond acceptors (Lipinski definition) is 8. The number of carbonyl (C=O) groups is 1. The quantitative estimate of drug-likeness (QED) is 0.496. The highest BCUT2D eigenvalue weighted by Gasteiger charge is 2.32. The van der Waals surface area contributed by atoms with Crippen molar-refractivity contribution in [2.45, 2.75) is 12.5 Å². The zero-order valence-electron chi connectivity index (χ0n) is 16.1. The van der Waals surface area contributed by atoms with Crippen LogP contribution in [0.4, 0.5) is 5.69 Å². The molecule has 0 saturated carbocycles. The number of tetrazole rings is 1. The van der Waals surface area contributed by atoms with Crippen LogP contribution in [0.15, 0.2) is 59.5 Å². The van der Waals surface area contributed by atoms with Crippen molar-refractivity contribution < 1.29 is 17.6 Å². The van der Waals surface area contributed by atoms with Gasteiger partial charge in [0.15, 0.2) is 21.3 Å². The van der Waals surface area contributed by atoms with Crippen LogP contribution in [0.3, 0.4) is 0 Å². The molecule has 31 heavy (non-hydrogen) atoms. The van der Waals surface area contributed by atoms with Crippen LogP contribution in [0, 0.1) is 0 Å². The smallest absolute Gasteiger partial charge is 0.276 e. The Bertz CT molecular complexity index is 1310. The minimum Gasteiger partial charge on any atom is -0.463 e. The fourth-order valence-corrected chi connectivity index (χ4v) is 5.22. The minimum atomic E-state index is -3.12. The normalized spacial score (nSPS) is 17.6. The SMILES string of the molecule is O=C(Nc1ccc(-n2cnnn2)cc1)c1cc(-c2ccco2)n([C@H]2CCS(=O)(=O)C2)n1. The first kappa shape index (κ1) is 19.2. The molecule has 4 heterocycles. The summed E-state index contributed by atoms with van der Waals surface area (Å²) in [4.78, 5) is 12.8. The van der Waals surface area contributed by atoms with Crippen LogP contribution >= 0.6 is 0 Å². The van der Waals surface area contributed by atoms with Gasteiger partial charge >= 0.3 is 0 Å². The zero-order valence-corrected chi connectivity index (χ0v) is 16.9. The Hall–Kier alpha value is -3.80. The summed E-state index contributed by atoms with van der Waals surface area (Å²) in [5.74, 6) is 0.191. The molecule has 1 N–H and O–H groups in total. The number of benzene rings is 1. The second-order valence-electron chi connectivity index (χ2n) is 7.15. The molecule has 5 rings (SSSR count). The molecule has 0 unspecified atom stereocenters. The van der Waals surface area contributed by atoms with Crippen molar-refractivity contribution in [3.05, 3.63) is 60.7 Å². The molecule has 12 heteroatoms. The number of rotatable bonds is 5. The molecule has 0 radical (unpaired) electrons. The lowest BCUT2D eigenvalue weighted by Crippen LogP contribution is -2.16. The molecule has 0 spiro atoms. The molecule has 158 valence electrons. The van der Waals surface area contributed by atoms with Gasteiger partial charge in [0.1, 0.15) is 12.0 Å². The fourth-order valence-electron chi connectivity index (χ4n) is 3.53. The maximum absolute atomic E-state index is 12.8. The second-order valence-corrected chi connectivity index (χ2v) is 9.38. The third-order valence-corrected chi connectivity index (χ3v) is 6.79. The first-order valence-electron chi connectivity index (χ1n) is 9.47. The van der Waals surface area contributed by atoms with Gasteiger partial charge in [-0.25, -0.2) is 13.1 Å². The number of amides is 1. The fraction of sp³-hybridized carbons (Fsp3) is 0.211. The van der Waals surface area contributed by atoms with Gasteiger partial charge in [0.2, 0.25) is 0 Å². The Labute approximate surface area is 176 Å². The molecule has 1 aromatic carbocycles. The monoisotopic (exact) mass is 439 g/mol. The molecule has 1 amide bonds. The highest BCUT2D eigenvalue weighted by Crippen LogP contribution is 2.30.